The monoisotopic (exact) mass is 324 g/mol. The molecule has 2 aromatic heterocycles. The van der Waals surface area contributed by atoms with Gasteiger partial charge in [-0.15, -0.1) is 22.7 Å². The summed E-state index contributed by atoms with van der Waals surface area (Å²) in [5.41, 5.74) is 1.49. The number of thiazole rings is 1. The summed E-state index contributed by atoms with van der Waals surface area (Å²) in [5.74, 6) is -0.773. The number of rotatable bonds is 6. The number of aromatic nitrogens is 1. The molecule has 0 saturated heterocycles. The average molecular weight is 324 g/mol. The fraction of sp³-hybridized carbons (Fsp3) is 0.357. The van der Waals surface area contributed by atoms with Crippen molar-refractivity contribution in [3.63, 3.8) is 0 Å². The van der Waals surface area contributed by atoms with Crippen LogP contribution in [0.5, 0.6) is 0 Å². The number of thiophene rings is 1. The maximum atomic E-state index is 12.0. The third-order valence-electron chi connectivity index (χ3n) is 2.81. The predicted molar refractivity (Wildman–Crippen MR) is 82.9 cm³/mol. The Hall–Kier alpha value is -1.73. The molecule has 0 aliphatic carbocycles. The van der Waals surface area contributed by atoms with Gasteiger partial charge in [0.25, 0.3) is 5.91 Å². The van der Waals surface area contributed by atoms with Crippen molar-refractivity contribution in [2.75, 3.05) is 6.61 Å². The fourth-order valence-electron chi connectivity index (χ4n) is 1.75. The highest BCUT2D eigenvalue weighted by Crippen LogP contribution is 2.17. The van der Waals surface area contributed by atoms with Gasteiger partial charge in [0.2, 0.25) is 5.01 Å². The number of amides is 1. The van der Waals surface area contributed by atoms with Crippen LogP contribution >= 0.6 is 22.7 Å². The Labute approximate surface area is 131 Å². The molecule has 0 atom stereocenters. The minimum absolute atomic E-state index is 0.201. The van der Waals surface area contributed by atoms with E-state index in [4.69, 9.17) is 4.74 Å². The van der Waals surface area contributed by atoms with Crippen molar-refractivity contribution in [3.05, 3.63) is 38.0 Å². The van der Waals surface area contributed by atoms with Crippen LogP contribution in [0.15, 0.2) is 16.8 Å². The molecule has 1 amide bonds. The van der Waals surface area contributed by atoms with Gasteiger partial charge in [-0.05, 0) is 30.4 Å². The van der Waals surface area contributed by atoms with Gasteiger partial charge in [0, 0.05) is 10.3 Å². The molecule has 7 heteroatoms. The van der Waals surface area contributed by atoms with Crippen molar-refractivity contribution in [2.24, 2.45) is 0 Å². The SMILES string of the molecule is CCOC(=O)c1nc(C(=O)NCc2sccc2CC)cs1. The van der Waals surface area contributed by atoms with Gasteiger partial charge < -0.3 is 10.1 Å². The maximum absolute atomic E-state index is 12.0. The third-order valence-corrected chi connectivity index (χ3v) is 4.60. The summed E-state index contributed by atoms with van der Waals surface area (Å²) in [7, 11) is 0. The molecular formula is C14H16N2O3S2. The minimum Gasteiger partial charge on any atom is -0.461 e. The van der Waals surface area contributed by atoms with Crippen LogP contribution in [0.25, 0.3) is 0 Å². The van der Waals surface area contributed by atoms with Crippen LogP contribution in [0.4, 0.5) is 0 Å². The Morgan fingerprint density at radius 1 is 1.33 bits per heavy atom. The van der Waals surface area contributed by atoms with Crippen LogP contribution in [0.2, 0.25) is 0 Å². The molecule has 2 aromatic rings. The van der Waals surface area contributed by atoms with Gasteiger partial charge >= 0.3 is 5.97 Å². The quantitative estimate of drug-likeness (QED) is 0.830. The molecule has 1 N–H and O–H groups in total. The highest BCUT2D eigenvalue weighted by atomic mass is 32.1. The molecule has 0 aliphatic rings. The summed E-state index contributed by atoms with van der Waals surface area (Å²) in [6, 6.07) is 2.06. The first-order chi connectivity index (χ1) is 10.2. The molecule has 0 radical (unpaired) electrons. The van der Waals surface area contributed by atoms with Gasteiger partial charge in [0.1, 0.15) is 5.69 Å². The number of hydrogen-bond donors (Lipinski definition) is 1. The van der Waals surface area contributed by atoms with Gasteiger partial charge in [-0.2, -0.15) is 0 Å². The predicted octanol–water partition coefficient (Wildman–Crippen LogP) is 2.87. The number of esters is 1. The molecule has 2 heterocycles. The first kappa shape index (κ1) is 15.7. The van der Waals surface area contributed by atoms with Crippen LogP contribution in [0.3, 0.4) is 0 Å². The van der Waals surface area contributed by atoms with Crippen molar-refractivity contribution in [1.29, 1.82) is 0 Å². The van der Waals surface area contributed by atoms with Gasteiger partial charge in [-0.1, -0.05) is 6.92 Å². The molecular weight excluding hydrogens is 308 g/mol. The van der Waals surface area contributed by atoms with E-state index in [1.807, 2.05) is 5.38 Å². The van der Waals surface area contributed by atoms with Crippen molar-refractivity contribution in [2.45, 2.75) is 26.8 Å². The topological polar surface area (TPSA) is 68.3 Å². The van der Waals surface area contributed by atoms with E-state index in [1.165, 1.54) is 5.56 Å². The zero-order chi connectivity index (χ0) is 15.2. The van der Waals surface area contributed by atoms with E-state index in [9.17, 15) is 9.59 Å². The van der Waals surface area contributed by atoms with Gasteiger partial charge in [-0.3, -0.25) is 4.79 Å². The standard InChI is InChI=1S/C14H16N2O3S2/c1-3-9-5-6-20-11(9)7-15-12(17)10-8-21-13(16-10)14(18)19-4-2/h5-6,8H,3-4,7H2,1-2H3,(H,15,17). The molecule has 0 bridgehead atoms. The zero-order valence-electron chi connectivity index (χ0n) is 11.8. The number of carbonyl (C=O) groups is 2. The Bertz CT molecular complexity index is 634. The van der Waals surface area contributed by atoms with E-state index < -0.39 is 5.97 Å². The third kappa shape index (κ3) is 3.89. The van der Waals surface area contributed by atoms with Crippen molar-refractivity contribution >= 4 is 34.6 Å². The summed E-state index contributed by atoms with van der Waals surface area (Å²) in [4.78, 5) is 28.7. The van der Waals surface area contributed by atoms with Gasteiger partial charge in [0.05, 0.1) is 13.2 Å². The molecule has 112 valence electrons. The molecule has 0 aromatic carbocycles. The number of nitrogens with zero attached hydrogens (tertiary/aromatic N) is 1. The molecule has 21 heavy (non-hydrogen) atoms. The summed E-state index contributed by atoms with van der Waals surface area (Å²) in [5, 5.41) is 6.61. The van der Waals surface area contributed by atoms with Crippen LogP contribution < -0.4 is 5.32 Å². The second-order valence-electron chi connectivity index (χ2n) is 4.16. The highest BCUT2D eigenvalue weighted by molar-refractivity contribution is 7.11. The first-order valence-electron chi connectivity index (χ1n) is 6.61. The van der Waals surface area contributed by atoms with Gasteiger partial charge in [-0.25, -0.2) is 9.78 Å². The Morgan fingerprint density at radius 2 is 2.14 bits per heavy atom. The number of hydrogen-bond acceptors (Lipinski definition) is 6. The Kier molecular flexibility index (Phi) is 5.46. The van der Waals surface area contributed by atoms with E-state index in [1.54, 1.807) is 23.6 Å². The average Bonchev–Trinajstić information content (AvgIpc) is 3.13. The lowest BCUT2D eigenvalue weighted by Gasteiger charge is -2.03. The number of carbonyl (C=O) groups excluding carboxylic acids is 2. The van der Waals surface area contributed by atoms with Crippen LogP contribution in [-0.2, 0) is 17.7 Å². The number of aryl methyl sites for hydroxylation is 1. The molecule has 5 nitrogen and oxygen atoms in total. The van der Waals surface area contributed by atoms with E-state index in [0.717, 1.165) is 22.6 Å². The van der Waals surface area contributed by atoms with Crippen LogP contribution in [0.1, 0.15) is 44.6 Å². The fourth-order valence-corrected chi connectivity index (χ4v) is 3.36. The minimum atomic E-state index is -0.493. The lowest BCUT2D eigenvalue weighted by molar-refractivity contribution is 0.0526. The molecule has 0 unspecified atom stereocenters. The molecule has 0 fully saturated rings. The summed E-state index contributed by atoms with van der Waals surface area (Å²) in [6.07, 6.45) is 0.943. The van der Waals surface area contributed by atoms with Crippen LogP contribution in [-0.4, -0.2) is 23.5 Å². The van der Waals surface area contributed by atoms with Gasteiger partial charge in [0.15, 0.2) is 0 Å². The molecule has 0 spiro atoms. The van der Waals surface area contributed by atoms with E-state index >= 15 is 0 Å². The number of nitrogens with one attached hydrogen (secondary N) is 1. The smallest absolute Gasteiger partial charge is 0.367 e. The van der Waals surface area contributed by atoms with Crippen molar-refractivity contribution < 1.29 is 14.3 Å². The summed E-state index contributed by atoms with van der Waals surface area (Å²) in [6.45, 7) is 4.58. The van der Waals surface area contributed by atoms with Crippen molar-refractivity contribution in [1.82, 2.24) is 10.3 Å². The molecule has 0 aliphatic heterocycles. The lowest BCUT2D eigenvalue weighted by atomic mass is 10.2. The summed E-state index contributed by atoms with van der Waals surface area (Å²) >= 11 is 2.73. The first-order valence-corrected chi connectivity index (χ1v) is 8.37. The normalized spacial score (nSPS) is 10.4. The largest absolute Gasteiger partial charge is 0.461 e. The van der Waals surface area contributed by atoms with Crippen LogP contribution in [0, 0.1) is 0 Å². The summed E-state index contributed by atoms with van der Waals surface area (Å²) < 4.78 is 4.85. The second kappa shape index (κ2) is 7.33. The van der Waals surface area contributed by atoms with E-state index in [0.29, 0.717) is 6.54 Å². The Morgan fingerprint density at radius 3 is 2.86 bits per heavy atom. The van der Waals surface area contributed by atoms with E-state index in [2.05, 4.69) is 23.3 Å². The molecule has 0 saturated carbocycles. The number of ether oxygens (including phenoxy) is 1. The van der Waals surface area contributed by atoms with Crippen molar-refractivity contribution in [3.8, 4) is 0 Å². The molecule has 2 rings (SSSR count). The second-order valence-corrected chi connectivity index (χ2v) is 6.02. The highest BCUT2D eigenvalue weighted by Gasteiger charge is 2.16. The Balaban J connectivity index is 1.96. The maximum Gasteiger partial charge on any atom is 0.367 e. The lowest BCUT2D eigenvalue weighted by Crippen LogP contribution is -2.23. The van der Waals surface area contributed by atoms with E-state index in [-0.39, 0.29) is 23.2 Å². The zero-order valence-corrected chi connectivity index (χ0v) is 13.5.